The summed E-state index contributed by atoms with van der Waals surface area (Å²) < 4.78 is 10.9. The van der Waals surface area contributed by atoms with Crippen molar-refractivity contribution in [1.82, 2.24) is 0 Å². The average Bonchev–Trinajstić information content (AvgIpc) is 2.97. The third kappa shape index (κ3) is 1.61. The molecule has 16 heavy (non-hydrogen) atoms. The minimum Gasteiger partial charge on any atom is -0.482 e. The molecular weight excluding hydrogens is 204 g/mol. The van der Waals surface area contributed by atoms with E-state index in [1.807, 2.05) is 24.3 Å². The predicted molar refractivity (Wildman–Crippen MR) is 58.5 cm³/mol. The normalized spacial score (nSPS) is 27.5. The summed E-state index contributed by atoms with van der Waals surface area (Å²) in [5, 5.41) is 0. The van der Waals surface area contributed by atoms with Gasteiger partial charge in [0.05, 0.1) is 6.61 Å². The highest BCUT2D eigenvalue weighted by molar-refractivity contribution is 5.87. The summed E-state index contributed by atoms with van der Waals surface area (Å²) in [7, 11) is 0. The van der Waals surface area contributed by atoms with Crippen molar-refractivity contribution in [2.45, 2.75) is 18.9 Å². The van der Waals surface area contributed by atoms with Gasteiger partial charge in [-0.25, -0.2) is 0 Å². The maximum absolute atomic E-state index is 12.1. The van der Waals surface area contributed by atoms with Crippen molar-refractivity contribution in [3.05, 3.63) is 29.8 Å². The number of carbonyl (C=O) groups is 1. The average molecular weight is 218 g/mol. The Morgan fingerprint density at radius 1 is 1.31 bits per heavy atom. The van der Waals surface area contributed by atoms with Crippen molar-refractivity contribution < 1.29 is 14.3 Å². The molecule has 3 nitrogen and oxygen atoms in total. The van der Waals surface area contributed by atoms with E-state index in [-0.39, 0.29) is 17.8 Å². The lowest BCUT2D eigenvalue weighted by atomic mass is 9.96. The maximum atomic E-state index is 12.1. The predicted octanol–water partition coefficient (Wildman–Crippen LogP) is 1.60. The largest absolute Gasteiger partial charge is 0.482 e. The van der Waals surface area contributed by atoms with Crippen molar-refractivity contribution in [3.8, 4) is 5.75 Å². The first-order valence-corrected chi connectivity index (χ1v) is 5.70. The van der Waals surface area contributed by atoms with E-state index in [0.717, 1.165) is 17.7 Å². The molecule has 0 N–H and O–H groups in total. The van der Waals surface area contributed by atoms with E-state index < -0.39 is 0 Å². The zero-order chi connectivity index (χ0) is 11.0. The fourth-order valence-electron chi connectivity index (χ4n) is 2.36. The Kier molecular flexibility index (Phi) is 2.40. The van der Waals surface area contributed by atoms with E-state index in [9.17, 15) is 4.79 Å². The van der Waals surface area contributed by atoms with Gasteiger partial charge in [0.1, 0.15) is 5.75 Å². The van der Waals surface area contributed by atoms with Crippen LogP contribution in [-0.4, -0.2) is 25.1 Å². The SMILES string of the molecule is O=C(C1CCOC1)C1Cc2ccccc2O1. The molecule has 1 aromatic carbocycles. The number of benzene rings is 1. The molecule has 2 unspecified atom stereocenters. The summed E-state index contributed by atoms with van der Waals surface area (Å²) in [5.41, 5.74) is 1.14. The number of rotatable bonds is 2. The zero-order valence-corrected chi connectivity index (χ0v) is 9.02. The number of carbonyl (C=O) groups excluding carboxylic acids is 1. The molecule has 3 rings (SSSR count). The van der Waals surface area contributed by atoms with Gasteiger partial charge in [0.25, 0.3) is 0 Å². The van der Waals surface area contributed by atoms with Gasteiger partial charge < -0.3 is 9.47 Å². The lowest BCUT2D eigenvalue weighted by Gasteiger charge is -2.13. The summed E-state index contributed by atoms with van der Waals surface area (Å²) in [6.45, 7) is 1.27. The summed E-state index contributed by atoms with van der Waals surface area (Å²) in [6, 6.07) is 7.86. The molecular formula is C13H14O3. The Bertz CT molecular complexity index is 382. The van der Waals surface area contributed by atoms with Crippen LogP contribution >= 0.6 is 0 Å². The molecule has 0 radical (unpaired) electrons. The molecule has 0 spiro atoms. The van der Waals surface area contributed by atoms with Crippen LogP contribution in [0, 0.1) is 5.92 Å². The van der Waals surface area contributed by atoms with Crippen LogP contribution in [0.15, 0.2) is 24.3 Å². The monoisotopic (exact) mass is 218 g/mol. The van der Waals surface area contributed by atoms with Crippen molar-refractivity contribution in [2.75, 3.05) is 13.2 Å². The summed E-state index contributed by atoms with van der Waals surface area (Å²) >= 11 is 0. The molecule has 2 heterocycles. The first kappa shape index (κ1) is 9.85. The quantitative estimate of drug-likeness (QED) is 0.756. The van der Waals surface area contributed by atoms with Gasteiger partial charge in [-0.3, -0.25) is 4.79 Å². The Morgan fingerprint density at radius 3 is 2.94 bits per heavy atom. The van der Waals surface area contributed by atoms with E-state index in [4.69, 9.17) is 9.47 Å². The van der Waals surface area contributed by atoms with Gasteiger partial charge in [-0.1, -0.05) is 18.2 Å². The molecule has 2 aliphatic heterocycles. The van der Waals surface area contributed by atoms with Crippen LogP contribution in [0.3, 0.4) is 0 Å². The topological polar surface area (TPSA) is 35.5 Å². The maximum Gasteiger partial charge on any atom is 0.179 e. The summed E-state index contributed by atoms with van der Waals surface area (Å²) in [5.74, 6) is 1.10. The second-order valence-corrected chi connectivity index (χ2v) is 4.38. The molecule has 84 valence electrons. The Balaban J connectivity index is 1.73. The van der Waals surface area contributed by atoms with E-state index >= 15 is 0 Å². The third-order valence-corrected chi connectivity index (χ3v) is 3.30. The van der Waals surface area contributed by atoms with Crippen molar-refractivity contribution in [2.24, 2.45) is 5.92 Å². The van der Waals surface area contributed by atoms with Gasteiger partial charge in [0.2, 0.25) is 0 Å². The Hall–Kier alpha value is -1.35. The molecule has 1 aromatic rings. The molecule has 0 aromatic heterocycles. The van der Waals surface area contributed by atoms with Crippen molar-refractivity contribution in [3.63, 3.8) is 0 Å². The number of hydrogen-bond acceptors (Lipinski definition) is 3. The van der Waals surface area contributed by atoms with Gasteiger partial charge in [-0.05, 0) is 18.1 Å². The number of Topliss-reactive ketones (excluding diaryl/α,β-unsaturated/α-hetero) is 1. The first-order chi connectivity index (χ1) is 7.84. The second kappa shape index (κ2) is 3.91. The van der Waals surface area contributed by atoms with E-state index in [2.05, 4.69) is 0 Å². The van der Waals surface area contributed by atoms with Crippen LogP contribution in [0.25, 0.3) is 0 Å². The van der Waals surface area contributed by atoms with Gasteiger partial charge in [0, 0.05) is 18.9 Å². The van der Waals surface area contributed by atoms with Gasteiger partial charge in [-0.15, -0.1) is 0 Å². The smallest absolute Gasteiger partial charge is 0.179 e. The Morgan fingerprint density at radius 2 is 2.19 bits per heavy atom. The van der Waals surface area contributed by atoms with Crippen LogP contribution in [0.2, 0.25) is 0 Å². The first-order valence-electron chi connectivity index (χ1n) is 5.70. The number of ketones is 1. The molecule has 3 heteroatoms. The van der Waals surface area contributed by atoms with E-state index in [0.29, 0.717) is 19.6 Å². The Labute approximate surface area is 94.4 Å². The zero-order valence-electron chi connectivity index (χ0n) is 9.02. The number of hydrogen-bond donors (Lipinski definition) is 0. The van der Waals surface area contributed by atoms with Gasteiger partial charge in [0.15, 0.2) is 11.9 Å². The molecule has 0 aliphatic carbocycles. The molecule has 2 aliphatic rings. The van der Waals surface area contributed by atoms with Gasteiger partial charge in [-0.2, -0.15) is 0 Å². The lowest BCUT2D eigenvalue weighted by Crippen LogP contribution is -2.31. The van der Waals surface area contributed by atoms with Crippen molar-refractivity contribution >= 4 is 5.78 Å². The standard InChI is InChI=1S/C13H14O3/c14-13(10-5-6-15-8-10)12-7-9-3-1-2-4-11(9)16-12/h1-4,10,12H,5-8H2. The molecule has 1 fully saturated rings. The number of para-hydroxylation sites is 1. The minimum absolute atomic E-state index is 0.0410. The fraction of sp³-hybridized carbons (Fsp3) is 0.462. The fourth-order valence-corrected chi connectivity index (χ4v) is 2.36. The van der Waals surface area contributed by atoms with Crippen molar-refractivity contribution in [1.29, 1.82) is 0 Å². The lowest BCUT2D eigenvalue weighted by molar-refractivity contribution is -0.129. The number of ether oxygens (including phenoxy) is 2. The number of fused-ring (bicyclic) bond motifs is 1. The molecule has 0 bridgehead atoms. The minimum atomic E-state index is -0.288. The molecule has 0 saturated carbocycles. The van der Waals surface area contributed by atoms with Crippen LogP contribution in [0.4, 0.5) is 0 Å². The van der Waals surface area contributed by atoms with E-state index in [1.165, 1.54) is 0 Å². The summed E-state index contributed by atoms with van der Waals surface area (Å²) in [4.78, 5) is 12.1. The van der Waals surface area contributed by atoms with E-state index in [1.54, 1.807) is 0 Å². The molecule has 2 atom stereocenters. The summed E-state index contributed by atoms with van der Waals surface area (Å²) in [6.07, 6.45) is 1.27. The van der Waals surface area contributed by atoms with Crippen LogP contribution in [-0.2, 0) is 16.0 Å². The highest BCUT2D eigenvalue weighted by Gasteiger charge is 2.35. The van der Waals surface area contributed by atoms with Crippen LogP contribution in [0.5, 0.6) is 5.75 Å². The molecule has 1 saturated heterocycles. The third-order valence-electron chi connectivity index (χ3n) is 3.30. The van der Waals surface area contributed by atoms with Crippen LogP contribution in [0.1, 0.15) is 12.0 Å². The van der Waals surface area contributed by atoms with Gasteiger partial charge >= 0.3 is 0 Å². The van der Waals surface area contributed by atoms with Crippen LogP contribution < -0.4 is 4.74 Å². The highest BCUT2D eigenvalue weighted by atomic mass is 16.5. The highest BCUT2D eigenvalue weighted by Crippen LogP contribution is 2.30. The molecule has 0 amide bonds. The second-order valence-electron chi connectivity index (χ2n) is 4.38.